The van der Waals surface area contributed by atoms with Crippen LogP contribution >= 0.6 is 0 Å². The van der Waals surface area contributed by atoms with Crippen LogP contribution < -0.4 is 15.4 Å². The average Bonchev–Trinajstić information content (AvgIpc) is 3.26. The third-order valence-electron chi connectivity index (χ3n) is 4.05. The number of rotatable bonds is 9. The molecule has 6 nitrogen and oxygen atoms in total. The van der Waals surface area contributed by atoms with Gasteiger partial charge in [0.25, 0.3) is 5.91 Å². The number of furan rings is 1. The number of hydrogen-bond acceptors (Lipinski definition) is 4. The molecule has 3 rings (SSSR count). The molecular formula is C22H21FN2O4. The molecule has 0 unspecified atom stereocenters. The Morgan fingerprint density at radius 1 is 1.03 bits per heavy atom. The Balaban J connectivity index is 1.40. The van der Waals surface area contributed by atoms with Crippen LogP contribution in [0.15, 0.2) is 71.3 Å². The minimum atomic E-state index is -0.304. The predicted octanol–water partition coefficient (Wildman–Crippen LogP) is 4.15. The van der Waals surface area contributed by atoms with Gasteiger partial charge >= 0.3 is 0 Å². The van der Waals surface area contributed by atoms with Gasteiger partial charge in [-0.25, -0.2) is 4.39 Å². The van der Waals surface area contributed by atoms with Crippen molar-refractivity contribution in [3.05, 3.63) is 84.1 Å². The zero-order valence-electron chi connectivity index (χ0n) is 15.7. The second-order valence-corrected chi connectivity index (χ2v) is 6.33. The molecule has 0 radical (unpaired) electrons. The molecule has 0 saturated carbocycles. The van der Waals surface area contributed by atoms with Gasteiger partial charge in [-0.3, -0.25) is 9.59 Å². The molecular weight excluding hydrogens is 375 g/mol. The lowest BCUT2D eigenvalue weighted by Crippen LogP contribution is -2.25. The number of amides is 2. The minimum Gasteiger partial charge on any atom is -0.489 e. The Labute approximate surface area is 167 Å². The third-order valence-corrected chi connectivity index (χ3v) is 4.05. The van der Waals surface area contributed by atoms with Gasteiger partial charge in [0.15, 0.2) is 5.76 Å². The van der Waals surface area contributed by atoms with Gasteiger partial charge in [0.1, 0.15) is 18.2 Å². The molecule has 2 aromatic carbocycles. The summed E-state index contributed by atoms with van der Waals surface area (Å²) in [5.74, 6) is 0.0816. The van der Waals surface area contributed by atoms with Crippen molar-refractivity contribution < 1.29 is 23.1 Å². The molecule has 3 aromatic rings. The van der Waals surface area contributed by atoms with E-state index in [1.165, 1.54) is 18.4 Å². The van der Waals surface area contributed by atoms with Gasteiger partial charge in [-0.2, -0.15) is 0 Å². The van der Waals surface area contributed by atoms with Gasteiger partial charge in [-0.1, -0.05) is 18.2 Å². The first kappa shape index (κ1) is 20.1. The normalized spacial score (nSPS) is 10.4. The highest BCUT2D eigenvalue weighted by Gasteiger charge is 2.08. The topological polar surface area (TPSA) is 80.6 Å². The number of hydrogen-bond donors (Lipinski definition) is 2. The molecule has 29 heavy (non-hydrogen) atoms. The number of ether oxygens (including phenoxy) is 1. The van der Waals surface area contributed by atoms with Gasteiger partial charge < -0.3 is 19.8 Å². The maximum absolute atomic E-state index is 12.9. The number of anilines is 1. The van der Waals surface area contributed by atoms with Crippen molar-refractivity contribution >= 4 is 17.5 Å². The molecule has 0 aliphatic heterocycles. The molecule has 0 fully saturated rings. The lowest BCUT2D eigenvalue weighted by Gasteiger charge is -2.10. The van der Waals surface area contributed by atoms with Crippen LogP contribution in [-0.4, -0.2) is 18.4 Å². The van der Waals surface area contributed by atoms with E-state index >= 15 is 0 Å². The minimum absolute atomic E-state index is 0.159. The van der Waals surface area contributed by atoms with Crippen LogP contribution in [0.4, 0.5) is 10.1 Å². The molecule has 0 aliphatic rings. The van der Waals surface area contributed by atoms with E-state index in [1.807, 2.05) is 0 Å². The third kappa shape index (κ3) is 6.49. The van der Waals surface area contributed by atoms with Crippen molar-refractivity contribution in [2.75, 3.05) is 11.9 Å². The fraction of sp³-hybridized carbons (Fsp3) is 0.182. The Hall–Kier alpha value is -3.61. The van der Waals surface area contributed by atoms with Crippen LogP contribution in [0, 0.1) is 5.82 Å². The van der Waals surface area contributed by atoms with Crippen molar-refractivity contribution in [3.8, 4) is 5.75 Å². The molecule has 0 atom stereocenters. The summed E-state index contributed by atoms with van der Waals surface area (Å²) in [6, 6.07) is 16.3. The van der Waals surface area contributed by atoms with Crippen LogP contribution in [-0.2, 0) is 11.4 Å². The largest absolute Gasteiger partial charge is 0.489 e. The molecule has 0 spiro atoms. The van der Waals surface area contributed by atoms with Gasteiger partial charge in [0.2, 0.25) is 5.91 Å². The molecule has 1 aromatic heterocycles. The van der Waals surface area contributed by atoms with Gasteiger partial charge in [-0.15, -0.1) is 0 Å². The maximum atomic E-state index is 12.9. The van der Waals surface area contributed by atoms with Gasteiger partial charge in [0, 0.05) is 24.7 Å². The summed E-state index contributed by atoms with van der Waals surface area (Å²) < 4.78 is 23.6. The molecule has 150 valence electrons. The van der Waals surface area contributed by atoms with Crippen molar-refractivity contribution in [1.82, 2.24) is 5.32 Å². The lowest BCUT2D eigenvalue weighted by atomic mass is 10.2. The first-order valence-electron chi connectivity index (χ1n) is 9.19. The first-order valence-corrected chi connectivity index (χ1v) is 9.19. The second-order valence-electron chi connectivity index (χ2n) is 6.33. The van der Waals surface area contributed by atoms with E-state index in [-0.39, 0.29) is 29.8 Å². The summed E-state index contributed by atoms with van der Waals surface area (Å²) in [5.41, 5.74) is 1.46. The van der Waals surface area contributed by atoms with Crippen molar-refractivity contribution in [2.24, 2.45) is 0 Å². The molecule has 0 bridgehead atoms. The zero-order chi connectivity index (χ0) is 20.5. The van der Waals surface area contributed by atoms with E-state index in [0.717, 1.165) is 5.56 Å². The monoisotopic (exact) mass is 396 g/mol. The van der Waals surface area contributed by atoms with Crippen LogP contribution in [0.2, 0.25) is 0 Å². The number of halogens is 1. The van der Waals surface area contributed by atoms with E-state index in [9.17, 15) is 14.0 Å². The van der Waals surface area contributed by atoms with Crippen molar-refractivity contribution in [2.45, 2.75) is 19.4 Å². The Morgan fingerprint density at radius 2 is 1.86 bits per heavy atom. The summed E-state index contributed by atoms with van der Waals surface area (Å²) >= 11 is 0. The number of nitrogens with one attached hydrogen (secondary N) is 2. The standard InChI is InChI=1S/C22H21FN2O4/c23-17-10-8-16(9-11-17)15-29-19-5-1-4-18(14-19)25-21(26)7-2-12-24-22(27)20-6-3-13-28-20/h1,3-6,8-11,13-14H,2,7,12,15H2,(H,24,27)(H,25,26). The molecule has 0 aliphatic carbocycles. The Morgan fingerprint density at radius 3 is 2.62 bits per heavy atom. The van der Waals surface area contributed by atoms with Gasteiger partial charge in [-0.05, 0) is 48.4 Å². The highest BCUT2D eigenvalue weighted by atomic mass is 19.1. The van der Waals surface area contributed by atoms with Crippen molar-refractivity contribution in [3.63, 3.8) is 0 Å². The highest BCUT2D eigenvalue weighted by Crippen LogP contribution is 2.19. The van der Waals surface area contributed by atoms with Crippen molar-refractivity contribution in [1.29, 1.82) is 0 Å². The maximum Gasteiger partial charge on any atom is 0.286 e. The van der Waals surface area contributed by atoms with E-state index in [0.29, 0.717) is 31.0 Å². The summed E-state index contributed by atoms with van der Waals surface area (Å²) in [6.45, 7) is 0.667. The average molecular weight is 396 g/mol. The van der Waals surface area contributed by atoms with Crippen LogP contribution in [0.5, 0.6) is 5.75 Å². The fourth-order valence-corrected chi connectivity index (χ4v) is 2.58. The molecule has 2 N–H and O–H groups in total. The molecule has 1 heterocycles. The smallest absolute Gasteiger partial charge is 0.286 e. The van der Waals surface area contributed by atoms with E-state index in [2.05, 4.69) is 10.6 Å². The Kier molecular flexibility index (Phi) is 7.00. The highest BCUT2D eigenvalue weighted by molar-refractivity contribution is 5.92. The van der Waals surface area contributed by atoms with Crippen LogP contribution in [0.25, 0.3) is 0 Å². The SMILES string of the molecule is O=C(CCCNC(=O)c1ccco1)Nc1cccc(OCc2ccc(F)cc2)c1. The summed E-state index contributed by atoms with van der Waals surface area (Å²) in [7, 11) is 0. The summed E-state index contributed by atoms with van der Waals surface area (Å²) in [4.78, 5) is 23.8. The quantitative estimate of drug-likeness (QED) is 0.533. The summed E-state index contributed by atoms with van der Waals surface area (Å²) in [5, 5.41) is 5.50. The second kappa shape index (κ2) is 10.1. The number of carbonyl (C=O) groups is 2. The van der Waals surface area contributed by atoms with Gasteiger partial charge in [0.05, 0.1) is 6.26 Å². The van der Waals surface area contributed by atoms with E-state index in [4.69, 9.17) is 9.15 Å². The van der Waals surface area contributed by atoms with Crippen LogP contribution in [0.1, 0.15) is 29.0 Å². The number of benzene rings is 2. The van der Waals surface area contributed by atoms with E-state index < -0.39 is 0 Å². The fourth-order valence-electron chi connectivity index (χ4n) is 2.58. The number of carbonyl (C=O) groups excluding carboxylic acids is 2. The molecule has 0 saturated heterocycles. The summed E-state index contributed by atoms with van der Waals surface area (Å²) in [6.07, 6.45) is 2.19. The lowest BCUT2D eigenvalue weighted by molar-refractivity contribution is -0.116. The Bertz CT molecular complexity index is 940. The molecule has 2 amide bonds. The first-order chi connectivity index (χ1) is 14.1. The van der Waals surface area contributed by atoms with E-state index in [1.54, 1.807) is 48.5 Å². The zero-order valence-corrected chi connectivity index (χ0v) is 15.7. The predicted molar refractivity (Wildman–Crippen MR) is 106 cm³/mol. The van der Waals surface area contributed by atoms with Crippen LogP contribution in [0.3, 0.4) is 0 Å². The molecule has 7 heteroatoms.